The normalized spacial score (nSPS) is 22.7. The summed E-state index contributed by atoms with van der Waals surface area (Å²) in [5, 5.41) is 7.72. The summed E-state index contributed by atoms with van der Waals surface area (Å²) in [6.45, 7) is 0.464. The average Bonchev–Trinajstić information content (AvgIpc) is 2.85. The summed E-state index contributed by atoms with van der Waals surface area (Å²) in [6, 6.07) is 3.18. The van der Waals surface area contributed by atoms with Gasteiger partial charge in [0.2, 0.25) is 10.0 Å². The van der Waals surface area contributed by atoms with E-state index in [4.69, 9.17) is 4.74 Å². The number of nitrogens with zero attached hydrogens (tertiary/aromatic N) is 3. The van der Waals surface area contributed by atoms with Crippen LogP contribution in [0.2, 0.25) is 0 Å². The van der Waals surface area contributed by atoms with Crippen LogP contribution in [0.25, 0.3) is 0 Å². The first-order chi connectivity index (χ1) is 10.0. The van der Waals surface area contributed by atoms with Crippen molar-refractivity contribution in [2.24, 2.45) is 0 Å². The monoisotopic (exact) mass is 318 g/mol. The van der Waals surface area contributed by atoms with Crippen LogP contribution in [0.1, 0.15) is 6.42 Å². The van der Waals surface area contributed by atoms with Crippen molar-refractivity contribution in [3.63, 3.8) is 0 Å². The van der Waals surface area contributed by atoms with Crippen LogP contribution in [-0.2, 0) is 14.8 Å². The smallest absolute Gasteiger partial charge is 0.213 e. The van der Waals surface area contributed by atoms with E-state index in [1.807, 2.05) is 0 Å². The van der Waals surface area contributed by atoms with Crippen molar-refractivity contribution in [3.8, 4) is 0 Å². The summed E-state index contributed by atoms with van der Waals surface area (Å²) in [7, 11) is -1.97. The molecule has 0 aliphatic carbocycles. The highest BCUT2D eigenvalue weighted by Gasteiger charge is 2.33. The summed E-state index contributed by atoms with van der Waals surface area (Å²) >= 11 is 0. The third-order valence-electron chi connectivity index (χ3n) is 3.31. The third kappa shape index (κ3) is 4.58. The third-order valence-corrected chi connectivity index (χ3v) is 4.62. The molecule has 1 fully saturated rings. The Kier molecular flexibility index (Phi) is 5.43. The highest BCUT2D eigenvalue weighted by Crippen LogP contribution is 2.24. The summed E-state index contributed by atoms with van der Waals surface area (Å²) in [4.78, 5) is 1.75. The quantitative estimate of drug-likeness (QED) is 0.759. The zero-order valence-corrected chi connectivity index (χ0v) is 12.6. The maximum Gasteiger partial charge on any atom is 0.213 e. The molecule has 1 saturated heterocycles. The van der Waals surface area contributed by atoms with Gasteiger partial charge in [0, 0.05) is 32.3 Å². The van der Waals surface area contributed by atoms with Gasteiger partial charge in [-0.05, 0) is 12.1 Å². The predicted molar refractivity (Wildman–Crippen MR) is 76.3 cm³/mol. The molecule has 0 aromatic carbocycles. The van der Waals surface area contributed by atoms with E-state index < -0.39 is 16.2 Å². The highest BCUT2D eigenvalue weighted by atomic mass is 32.2. The lowest BCUT2D eigenvalue weighted by molar-refractivity contribution is 0.217. The minimum Gasteiger partial charge on any atom is -0.384 e. The van der Waals surface area contributed by atoms with Crippen molar-refractivity contribution in [3.05, 3.63) is 18.3 Å². The number of nitrogens with one attached hydrogen (secondary N) is 1. The highest BCUT2D eigenvalue weighted by molar-refractivity contribution is 7.89. The van der Waals surface area contributed by atoms with E-state index in [0.717, 1.165) is 0 Å². The Balaban J connectivity index is 1.98. The lowest BCUT2D eigenvalue weighted by Gasteiger charge is -2.24. The molecule has 0 amide bonds. The molecule has 118 valence electrons. The molecule has 7 nitrogen and oxygen atoms in total. The van der Waals surface area contributed by atoms with Crippen LogP contribution in [-0.4, -0.2) is 63.4 Å². The van der Waals surface area contributed by atoms with E-state index in [-0.39, 0.29) is 37.9 Å². The Bertz CT molecular complexity index is 543. The Morgan fingerprint density at radius 3 is 3.05 bits per heavy atom. The van der Waals surface area contributed by atoms with Gasteiger partial charge in [-0.2, -0.15) is 5.10 Å². The molecule has 0 bridgehead atoms. The maximum atomic E-state index is 13.6. The van der Waals surface area contributed by atoms with Crippen LogP contribution in [0, 0.1) is 0 Å². The van der Waals surface area contributed by atoms with Gasteiger partial charge in [0.25, 0.3) is 0 Å². The molecule has 1 aromatic heterocycles. The minimum atomic E-state index is -3.41. The molecule has 1 N–H and O–H groups in total. The molecule has 21 heavy (non-hydrogen) atoms. The topological polar surface area (TPSA) is 84.4 Å². The van der Waals surface area contributed by atoms with Gasteiger partial charge in [-0.3, -0.25) is 0 Å². The van der Waals surface area contributed by atoms with Gasteiger partial charge < -0.3 is 9.64 Å². The molecule has 2 atom stereocenters. The zero-order chi connectivity index (χ0) is 15.3. The van der Waals surface area contributed by atoms with E-state index in [9.17, 15) is 12.8 Å². The molecule has 0 unspecified atom stereocenters. The first-order valence-corrected chi connectivity index (χ1v) is 8.32. The summed E-state index contributed by atoms with van der Waals surface area (Å²) in [5.74, 6) is 0.444. The van der Waals surface area contributed by atoms with E-state index in [1.165, 1.54) is 13.3 Å². The minimum absolute atomic E-state index is 0.111. The van der Waals surface area contributed by atoms with Crippen LogP contribution in [0.3, 0.4) is 0 Å². The largest absolute Gasteiger partial charge is 0.384 e. The van der Waals surface area contributed by atoms with Gasteiger partial charge >= 0.3 is 0 Å². The number of sulfonamides is 1. The van der Waals surface area contributed by atoms with Crippen LogP contribution < -0.4 is 9.62 Å². The van der Waals surface area contributed by atoms with Gasteiger partial charge in [-0.15, -0.1) is 5.10 Å². The van der Waals surface area contributed by atoms with Crippen molar-refractivity contribution < 1.29 is 17.5 Å². The number of aromatic nitrogens is 2. The number of ether oxygens (including phenoxy) is 1. The molecule has 1 aliphatic heterocycles. The summed E-state index contributed by atoms with van der Waals surface area (Å²) in [6.07, 6.45) is 0.804. The Labute approximate surface area is 123 Å². The van der Waals surface area contributed by atoms with E-state index in [0.29, 0.717) is 5.82 Å². The van der Waals surface area contributed by atoms with Crippen LogP contribution >= 0.6 is 0 Å². The lowest BCUT2D eigenvalue weighted by atomic mass is 10.2. The van der Waals surface area contributed by atoms with Gasteiger partial charge in [0.05, 0.1) is 18.9 Å². The number of hydrogen-bond donors (Lipinski definition) is 1. The van der Waals surface area contributed by atoms with Crippen LogP contribution in [0.15, 0.2) is 18.3 Å². The second-order valence-electron chi connectivity index (χ2n) is 4.88. The summed E-state index contributed by atoms with van der Waals surface area (Å²) in [5.41, 5.74) is 0. The molecule has 0 spiro atoms. The Morgan fingerprint density at radius 2 is 2.38 bits per heavy atom. The number of halogens is 1. The fourth-order valence-corrected chi connectivity index (χ4v) is 3.25. The molecular formula is C12H19FN4O3S. The molecule has 2 rings (SSSR count). The standard InChI is InChI=1S/C12H19FN4O3S/c1-20-5-6-21(18,19)15-8-11-7-10(13)9-17(11)12-3-2-4-14-16-12/h2-4,10-11,15H,5-9H2,1H3/t10-,11-/m0/s1. The number of hydrogen-bond acceptors (Lipinski definition) is 6. The van der Waals surface area contributed by atoms with E-state index >= 15 is 0 Å². The van der Waals surface area contributed by atoms with Crippen LogP contribution in [0.4, 0.5) is 10.2 Å². The van der Waals surface area contributed by atoms with Crippen molar-refractivity contribution in [2.45, 2.75) is 18.6 Å². The van der Waals surface area contributed by atoms with Crippen molar-refractivity contribution in [2.75, 3.05) is 37.5 Å². The van der Waals surface area contributed by atoms with Crippen molar-refractivity contribution in [1.29, 1.82) is 0 Å². The second-order valence-corrected chi connectivity index (χ2v) is 6.81. The SMILES string of the molecule is COCCS(=O)(=O)NC[C@@H]1C[C@H](F)CN1c1cccnn1. The van der Waals surface area contributed by atoms with Gasteiger partial charge in [-0.25, -0.2) is 17.5 Å². The molecular weight excluding hydrogens is 299 g/mol. The fourth-order valence-electron chi connectivity index (χ4n) is 2.27. The Hall–Kier alpha value is -1.32. The maximum absolute atomic E-state index is 13.6. The van der Waals surface area contributed by atoms with Gasteiger partial charge in [0.15, 0.2) is 5.82 Å². The summed E-state index contributed by atoms with van der Waals surface area (Å²) < 4.78 is 44.4. The second kappa shape index (κ2) is 7.10. The van der Waals surface area contributed by atoms with E-state index in [1.54, 1.807) is 17.0 Å². The molecule has 1 aromatic rings. The van der Waals surface area contributed by atoms with Crippen molar-refractivity contribution >= 4 is 15.8 Å². The number of methoxy groups -OCH3 is 1. The predicted octanol–water partition coefficient (Wildman–Crippen LogP) is -0.0408. The molecule has 0 saturated carbocycles. The fraction of sp³-hybridized carbons (Fsp3) is 0.667. The molecule has 1 aliphatic rings. The molecule has 9 heteroatoms. The average molecular weight is 318 g/mol. The molecule has 2 heterocycles. The Morgan fingerprint density at radius 1 is 1.57 bits per heavy atom. The molecule has 0 radical (unpaired) electrons. The number of anilines is 1. The van der Waals surface area contributed by atoms with Crippen molar-refractivity contribution in [1.82, 2.24) is 14.9 Å². The zero-order valence-electron chi connectivity index (χ0n) is 11.8. The van der Waals surface area contributed by atoms with Gasteiger partial charge in [0.1, 0.15) is 6.17 Å². The lowest BCUT2D eigenvalue weighted by Crippen LogP contribution is -2.41. The first-order valence-electron chi connectivity index (χ1n) is 6.66. The number of alkyl halides is 1. The van der Waals surface area contributed by atoms with Gasteiger partial charge in [-0.1, -0.05) is 0 Å². The first kappa shape index (κ1) is 16.1. The van der Waals surface area contributed by atoms with Crippen LogP contribution in [0.5, 0.6) is 0 Å². The van der Waals surface area contributed by atoms with E-state index in [2.05, 4.69) is 14.9 Å². The number of rotatable bonds is 7.